The van der Waals surface area contributed by atoms with Crippen molar-refractivity contribution in [2.75, 3.05) is 13.2 Å². The SMILES string of the molecule is Cc1cc2c(c(OC(C)C)c1Cl)C(=O)N1C[C@H](O)C[C@@H]1CO2. The number of nitrogens with zero attached hydrogens (tertiary/aromatic N) is 1. The van der Waals surface area contributed by atoms with Crippen LogP contribution in [0, 0.1) is 6.92 Å². The van der Waals surface area contributed by atoms with Gasteiger partial charge in [-0.05, 0) is 38.8 Å². The second-order valence-electron chi connectivity index (χ2n) is 6.19. The molecule has 6 heteroatoms. The van der Waals surface area contributed by atoms with Crippen LogP contribution in [-0.2, 0) is 0 Å². The zero-order valence-corrected chi connectivity index (χ0v) is 13.7. The molecule has 1 aromatic rings. The number of hydrogen-bond donors (Lipinski definition) is 1. The number of aliphatic hydroxyl groups is 1. The van der Waals surface area contributed by atoms with Gasteiger partial charge in [0.05, 0.1) is 23.3 Å². The summed E-state index contributed by atoms with van der Waals surface area (Å²) in [6.07, 6.45) is -0.0822. The van der Waals surface area contributed by atoms with Crippen molar-refractivity contribution in [3.8, 4) is 11.5 Å². The fourth-order valence-electron chi connectivity index (χ4n) is 3.02. The fraction of sp³-hybridized carbons (Fsp3) is 0.562. The van der Waals surface area contributed by atoms with Crippen LogP contribution in [0.2, 0.25) is 5.02 Å². The summed E-state index contributed by atoms with van der Waals surface area (Å²) in [7, 11) is 0. The van der Waals surface area contributed by atoms with Gasteiger partial charge in [-0.25, -0.2) is 0 Å². The molecule has 0 spiro atoms. The van der Waals surface area contributed by atoms with Gasteiger partial charge in [0.15, 0.2) is 5.75 Å². The van der Waals surface area contributed by atoms with E-state index in [0.717, 1.165) is 5.56 Å². The number of hydrogen-bond acceptors (Lipinski definition) is 4. The van der Waals surface area contributed by atoms with E-state index in [1.807, 2.05) is 20.8 Å². The molecule has 0 aromatic heterocycles. The van der Waals surface area contributed by atoms with Gasteiger partial charge in [-0.2, -0.15) is 0 Å². The standard InChI is InChI=1S/C16H20ClNO4/c1-8(2)22-15-13-12(4-9(3)14(15)17)21-7-10-5-11(19)6-18(10)16(13)20/h4,8,10-11,19H,5-7H2,1-3H3/t10-,11-/m1/s1. The molecule has 2 aliphatic rings. The lowest BCUT2D eigenvalue weighted by Crippen LogP contribution is -2.37. The Morgan fingerprint density at radius 2 is 2.23 bits per heavy atom. The number of benzene rings is 1. The maximum atomic E-state index is 12.9. The maximum Gasteiger partial charge on any atom is 0.261 e. The van der Waals surface area contributed by atoms with Gasteiger partial charge in [0.25, 0.3) is 5.91 Å². The van der Waals surface area contributed by atoms with Crippen LogP contribution in [0.25, 0.3) is 0 Å². The van der Waals surface area contributed by atoms with Crippen LogP contribution in [0.4, 0.5) is 0 Å². The Morgan fingerprint density at radius 3 is 2.91 bits per heavy atom. The number of amides is 1. The number of carbonyl (C=O) groups excluding carboxylic acids is 1. The van der Waals surface area contributed by atoms with E-state index in [2.05, 4.69) is 0 Å². The third kappa shape index (κ3) is 2.52. The third-order valence-electron chi connectivity index (χ3n) is 4.02. The normalized spacial score (nSPS) is 23.9. The summed E-state index contributed by atoms with van der Waals surface area (Å²) in [6, 6.07) is 1.67. The van der Waals surface area contributed by atoms with E-state index in [0.29, 0.717) is 41.7 Å². The molecule has 1 fully saturated rings. The molecule has 1 amide bonds. The van der Waals surface area contributed by atoms with Crippen molar-refractivity contribution in [1.82, 2.24) is 4.90 Å². The van der Waals surface area contributed by atoms with Gasteiger partial charge < -0.3 is 19.5 Å². The second-order valence-corrected chi connectivity index (χ2v) is 6.57. The second kappa shape index (κ2) is 5.63. The largest absolute Gasteiger partial charge is 0.490 e. The number of halogens is 1. The molecule has 5 nitrogen and oxygen atoms in total. The number of aliphatic hydroxyl groups excluding tert-OH is 1. The van der Waals surface area contributed by atoms with Gasteiger partial charge in [-0.15, -0.1) is 0 Å². The Hall–Kier alpha value is -1.46. The monoisotopic (exact) mass is 325 g/mol. The number of fused-ring (bicyclic) bond motifs is 2. The van der Waals surface area contributed by atoms with Gasteiger partial charge in [0, 0.05) is 6.54 Å². The Kier molecular flexibility index (Phi) is 3.95. The molecule has 2 atom stereocenters. The molecular weight excluding hydrogens is 306 g/mol. The molecule has 0 aliphatic carbocycles. The van der Waals surface area contributed by atoms with Gasteiger partial charge in [0.1, 0.15) is 17.9 Å². The highest BCUT2D eigenvalue weighted by Crippen LogP contribution is 2.42. The molecule has 0 bridgehead atoms. The van der Waals surface area contributed by atoms with Crippen molar-refractivity contribution in [2.45, 2.75) is 45.4 Å². The Morgan fingerprint density at radius 1 is 1.50 bits per heavy atom. The minimum Gasteiger partial charge on any atom is -0.490 e. The number of ether oxygens (including phenoxy) is 2. The highest BCUT2D eigenvalue weighted by Gasteiger charge is 2.40. The lowest BCUT2D eigenvalue weighted by molar-refractivity contribution is 0.0705. The molecule has 0 unspecified atom stereocenters. The van der Waals surface area contributed by atoms with Gasteiger partial charge in [-0.3, -0.25) is 4.79 Å². The van der Waals surface area contributed by atoms with Crippen LogP contribution in [0.3, 0.4) is 0 Å². The van der Waals surface area contributed by atoms with E-state index in [1.54, 1.807) is 11.0 Å². The minimum absolute atomic E-state index is 0.110. The average Bonchev–Trinajstić information content (AvgIpc) is 2.76. The van der Waals surface area contributed by atoms with Gasteiger partial charge >= 0.3 is 0 Å². The minimum atomic E-state index is -0.505. The zero-order valence-electron chi connectivity index (χ0n) is 12.9. The molecule has 22 heavy (non-hydrogen) atoms. The quantitative estimate of drug-likeness (QED) is 0.907. The van der Waals surface area contributed by atoms with Crippen LogP contribution in [0.5, 0.6) is 11.5 Å². The topological polar surface area (TPSA) is 59.0 Å². The molecule has 120 valence electrons. The molecule has 1 saturated heterocycles. The molecule has 3 rings (SSSR count). The van der Waals surface area contributed by atoms with E-state index in [-0.39, 0.29) is 18.1 Å². The average molecular weight is 326 g/mol. The summed E-state index contributed by atoms with van der Waals surface area (Å²) in [5, 5.41) is 10.3. The summed E-state index contributed by atoms with van der Waals surface area (Å²) in [5.74, 6) is 0.691. The van der Waals surface area contributed by atoms with Gasteiger partial charge in [-0.1, -0.05) is 11.6 Å². The van der Waals surface area contributed by atoms with Crippen LogP contribution >= 0.6 is 11.6 Å². The number of rotatable bonds is 2. The molecule has 1 aromatic carbocycles. The first-order valence-corrected chi connectivity index (χ1v) is 7.87. The van der Waals surface area contributed by atoms with E-state index in [9.17, 15) is 9.90 Å². The fourth-order valence-corrected chi connectivity index (χ4v) is 3.22. The van der Waals surface area contributed by atoms with E-state index in [1.165, 1.54) is 0 Å². The van der Waals surface area contributed by atoms with Crippen molar-refractivity contribution in [3.05, 3.63) is 22.2 Å². The first kappa shape index (κ1) is 15.4. The molecular formula is C16H20ClNO4. The lowest BCUT2D eigenvalue weighted by atomic mass is 10.1. The lowest BCUT2D eigenvalue weighted by Gasteiger charge is -2.22. The predicted octanol–water partition coefficient (Wildman–Crippen LogP) is 2.40. The van der Waals surface area contributed by atoms with Crippen LogP contribution in [0.15, 0.2) is 6.07 Å². The van der Waals surface area contributed by atoms with Crippen molar-refractivity contribution in [2.24, 2.45) is 0 Å². The predicted molar refractivity (Wildman–Crippen MR) is 82.9 cm³/mol. The maximum absolute atomic E-state index is 12.9. The Balaban J connectivity index is 2.11. The summed E-state index contributed by atoms with van der Waals surface area (Å²) in [6.45, 7) is 6.32. The van der Waals surface area contributed by atoms with Crippen LogP contribution in [0.1, 0.15) is 36.2 Å². The summed E-state index contributed by atoms with van der Waals surface area (Å²) < 4.78 is 11.6. The third-order valence-corrected chi connectivity index (χ3v) is 4.49. The van der Waals surface area contributed by atoms with Crippen molar-refractivity contribution >= 4 is 17.5 Å². The molecule has 2 aliphatic heterocycles. The van der Waals surface area contributed by atoms with Crippen molar-refractivity contribution in [1.29, 1.82) is 0 Å². The number of aryl methyl sites for hydroxylation is 1. The molecule has 0 radical (unpaired) electrons. The summed E-state index contributed by atoms with van der Waals surface area (Å²) >= 11 is 6.36. The smallest absolute Gasteiger partial charge is 0.261 e. The zero-order chi connectivity index (χ0) is 16.0. The molecule has 1 N–H and O–H groups in total. The molecule has 2 heterocycles. The van der Waals surface area contributed by atoms with E-state index in [4.69, 9.17) is 21.1 Å². The van der Waals surface area contributed by atoms with Crippen LogP contribution < -0.4 is 9.47 Å². The summed E-state index contributed by atoms with van der Waals surface area (Å²) in [5.41, 5.74) is 1.17. The number of carbonyl (C=O) groups is 1. The van der Waals surface area contributed by atoms with Crippen molar-refractivity contribution in [3.63, 3.8) is 0 Å². The van der Waals surface area contributed by atoms with Crippen LogP contribution in [-0.4, -0.2) is 47.3 Å². The highest BCUT2D eigenvalue weighted by atomic mass is 35.5. The summed E-state index contributed by atoms with van der Waals surface area (Å²) in [4.78, 5) is 14.6. The Bertz CT molecular complexity index is 617. The van der Waals surface area contributed by atoms with Gasteiger partial charge in [0.2, 0.25) is 0 Å². The molecule has 0 saturated carbocycles. The Labute approximate surface area is 134 Å². The first-order chi connectivity index (χ1) is 10.4. The van der Waals surface area contributed by atoms with E-state index < -0.39 is 6.10 Å². The first-order valence-electron chi connectivity index (χ1n) is 7.50. The van der Waals surface area contributed by atoms with E-state index >= 15 is 0 Å². The highest BCUT2D eigenvalue weighted by molar-refractivity contribution is 6.33. The van der Waals surface area contributed by atoms with Crippen molar-refractivity contribution < 1.29 is 19.4 Å².